The zero-order chi connectivity index (χ0) is 31.9. The number of primary amides is 1. The van der Waals surface area contributed by atoms with E-state index in [1.165, 1.54) is 42.6 Å². The van der Waals surface area contributed by atoms with Crippen LogP contribution in [0.1, 0.15) is 31.2 Å². The summed E-state index contributed by atoms with van der Waals surface area (Å²) in [6.45, 7) is 2.68. The van der Waals surface area contributed by atoms with Crippen LogP contribution in [0.15, 0.2) is 76.7 Å². The fourth-order valence-corrected chi connectivity index (χ4v) is 6.52. The number of H-pyrrole nitrogens is 2. The van der Waals surface area contributed by atoms with E-state index < -0.39 is 27.6 Å². The first-order chi connectivity index (χ1) is 21.5. The van der Waals surface area contributed by atoms with Crippen molar-refractivity contribution in [2.24, 2.45) is 5.73 Å². The molecule has 0 aliphatic carbocycles. The number of aromatic carboxylic acids is 1. The molecule has 0 atom stereocenters. The monoisotopic (exact) mass is 628 g/mol. The minimum atomic E-state index is -3.86. The van der Waals surface area contributed by atoms with Crippen molar-refractivity contribution in [1.82, 2.24) is 25.1 Å². The maximum atomic E-state index is 13.8. The summed E-state index contributed by atoms with van der Waals surface area (Å²) >= 11 is 0. The number of aromatic nitrogens is 4. The lowest BCUT2D eigenvalue weighted by Crippen LogP contribution is -2.44. The fraction of sp³-hybridized carbons (Fsp3) is 0.167. The van der Waals surface area contributed by atoms with Crippen LogP contribution in [0.5, 0.6) is 0 Å². The van der Waals surface area contributed by atoms with Crippen molar-refractivity contribution in [2.75, 3.05) is 43.4 Å². The van der Waals surface area contributed by atoms with Gasteiger partial charge in [-0.2, -0.15) is 5.10 Å². The number of anilines is 2. The number of sulfone groups is 1. The highest BCUT2D eigenvalue weighted by Crippen LogP contribution is 2.34. The second kappa shape index (κ2) is 11.5. The normalized spacial score (nSPS) is 14.0. The third kappa shape index (κ3) is 5.61. The molecule has 0 unspecified atom stereocenters. The highest BCUT2D eigenvalue weighted by molar-refractivity contribution is 7.91. The number of fused-ring (bicyclic) bond motifs is 1. The van der Waals surface area contributed by atoms with E-state index in [1.807, 2.05) is 11.9 Å². The minimum Gasteiger partial charge on any atom is -0.477 e. The number of carbonyl (C=O) groups is 3. The molecule has 2 aromatic heterocycles. The predicted octanol–water partition coefficient (Wildman–Crippen LogP) is 2.59. The van der Waals surface area contributed by atoms with E-state index >= 15 is 0 Å². The number of aromatic amines is 2. The van der Waals surface area contributed by atoms with Crippen LogP contribution in [0.3, 0.4) is 0 Å². The molecule has 6 rings (SSSR count). The summed E-state index contributed by atoms with van der Waals surface area (Å²) in [5, 5.41) is 19.4. The van der Waals surface area contributed by atoms with Crippen molar-refractivity contribution in [3.8, 4) is 11.4 Å². The van der Waals surface area contributed by atoms with Crippen LogP contribution in [0, 0.1) is 0 Å². The zero-order valence-electron chi connectivity index (χ0n) is 23.9. The Labute approximate surface area is 256 Å². The number of piperazine rings is 1. The fourth-order valence-electron chi connectivity index (χ4n) is 5.21. The number of carbonyl (C=O) groups excluding carboxylic acids is 2. The van der Waals surface area contributed by atoms with Gasteiger partial charge in [-0.25, -0.2) is 18.2 Å². The highest BCUT2D eigenvalue weighted by Gasteiger charge is 2.27. The van der Waals surface area contributed by atoms with Crippen LogP contribution in [0.25, 0.3) is 22.3 Å². The Kier molecular flexibility index (Phi) is 7.56. The summed E-state index contributed by atoms with van der Waals surface area (Å²) in [5.74, 6) is -2.58. The predicted molar refractivity (Wildman–Crippen MR) is 165 cm³/mol. The van der Waals surface area contributed by atoms with E-state index in [9.17, 15) is 27.9 Å². The second-order valence-electron chi connectivity index (χ2n) is 10.6. The van der Waals surface area contributed by atoms with E-state index in [2.05, 4.69) is 30.4 Å². The third-order valence-corrected chi connectivity index (χ3v) is 9.45. The van der Waals surface area contributed by atoms with Crippen LogP contribution in [0.4, 0.5) is 11.5 Å². The number of imidazole rings is 1. The molecule has 2 amide bonds. The number of nitrogens with two attached hydrogens (primary N) is 1. The molecular formula is C30H28N8O6S. The van der Waals surface area contributed by atoms with Gasteiger partial charge in [0.2, 0.25) is 15.7 Å². The molecule has 0 radical (unpaired) electrons. The lowest BCUT2D eigenvalue weighted by Gasteiger charge is -2.35. The molecule has 1 aliphatic rings. The van der Waals surface area contributed by atoms with Gasteiger partial charge in [0.25, 0.3) is 5.91 Å². The molecule has 1 saturated heterocycles. The quantitative estimate of drug-likeness (QED) is 0.170. The molecule has 45 heavy (non-hydrogen) atoms. The molecule has 0 bridgehead atoms. The summed E-state index contributed by atoms with van der Waals surface area (Å²) in [6.07, 6.45) is 1.17. The van der Waals surface area contributed by atoms with Gasteiger partial charge in [0, 0.05) is 42.8 Å². The van der Waals surface area contributed by atoms with Crippen molar-refractivity contribution >= 4 is 50.0 Å². The Morgan fingerprint density at radius 1 is 0.956 bits per heavy atom. The topological polar surface area (TPSA) is 207 Å². The van der Waals surface area contributed by atoms with Gasteiger partial charge in [-0.3, -0.25) is 14.7 Å². The average Bonchev–Trinajstić information content (AvgIpc) is 3.69. The van der Waals surface area contributed by atoms with Crippen LogP contribution in [-0.4, -0.2) is 89.6 Å². The van der Waals surface area contributed by atoms with Gasteiger partial charge in [-0.1, -0.05) is 18.2 Å². The lowest BCUT2D eigenvalue weighted by molar-refractivity contribution is 0.0690. The molecule has 1 fully saturated rings. The van der Waals surface area contributed by atoms with E-state index in [0.717, 1.165) is 13.1 Å². The number of nitrogens with zero attached hydrogens (tertiary/aromatic N) is 4. The Balaban J connectivity index is 1.41. The van der Waals surface area contributed by atoms with Crippen molar-refractivity contribution in [3.63, 3.8) is 0 Å². The first-order valence-corrected chi connectivity index (χ1v) is 15.3. The molecule has 15 heteroatoms. The molecule has 230 valence electrons. The number of carboxylic acid groups (broad SMARTS) is 1. The van der Waals surface area contributed by atoms with E-state index in [-0.39, 0.29) is 38.3 Å². The largest absolute Gasteiger partial charge is 0.477 e. The summed E-state index contributed by atoms with van der Waals surface area (Å²) in [5.41, 5.74) is 6.85. The molecule has 14 nitrogen and oxygen atoms in total. The standard InChI is InChI=1S/C30H28N8O6S/c1-37-9-11-38(12-10-37)25-15-19(26(31)39)20(14-22(25)27-32-16-24(33-27)30(41)42)29(40)34-28-21-13-18(7-8-23(21)35-36-28)45(43,44)17-5-3-2-4-6-17/h2-8,13-16H,9-12H2,1H3,(H2,31,39)(H,32,33)(H,41,42)(H2,34,35,36,40). The van der Waals surface area contributed by atoms with Gasteiger partial charge in [-0.15, -0.1) is 0 Å². The highest BCUT2D eigenvalue weighted by atomic mass is 32.2. The van der Waals surface area contributed by atoms with Gasteiger partial charge < -0.3 is 30.9 Å². The average molecular weight is 629 g/mol. The molecule has 6 N–H and O–H groups in total. The molecule has 0 saturated carbocycles. The molecule has 1 aliphatic heterocycles. The van der Waals surface area contributed by atoms with Crippen molar-refractivity contribution < 1.29 is 27.9 Å². The first kappa shape index (κ1) is 29.5. The number of benzene rings is 3. The SMILES string of the molecule is CN1CCN(c2cc(C(N)=O)c(C(=O)Nc3n[nH]c4ccc(S(=O)(=O)c5ccccc5)cc34)cc2-c2ncc(C(=O)O)[nH]2)CC1. The number of carboxylic acids is 1. The summed E-state index contributed by atoms with van der Waals surface area (Å²) in [7, 11) is -1.87. The number of hydrogen-bond acceptors (Lipinski definition) is 9. The number of rotatable bonds is 8. The van der Waals surface area contributed by atoms with Gasteiger partial charge in [0.15, 0.2) is 5.82 Å². The third-order valence-electron chi connectivity index (χ3n) is 7.68. The smallest absolute Gasteiger partial charge is 0.353 e. The summed E-state index contributed by atoms with van der Waals surface area (Å²) < 4.78 is 26.5. The Morgan fingerprint density at radius 3 is 2.36 bits per heavy atom. The van der Waals surface area contributed by atoms with Crippen LogP contribution >= 0.6 is 0 Å². The second-order valence-corrected chi connectivity index (χ2v) is 12.5. The van der Waals surface area contributed by atoms with E-state index in [1.54, 1.807) is 24.3 Å². The van der Waals surface area contributed by atoms with Crippen molar-refractivity contribution in [3.05, 3.63) is 83.7 Å². The molecule has 3 aromatic carbocycles. The molecule has 0 spiro atoms. The van der Waals surface area contributed by atoms with Gasteiger partial charge in [0.1, 0.15) is 11.5 Å². The zero-order valence-corrected chi connectivity index (χ0v) is 24.8. The van der Waals surface area contributed by atoms with Gasteiger partial charge >= 0.3 is 5.97 Å². The Bertz CT molecular complexity index is 2060. The summed E-state index contributed by atoms with van der Waals surface area (Å²) in [4.78, 5) is 49.3. The molecule has 5 aromatic rings. The van der Waals surface area contributed by atoms with Crippen LogP contribution < -0.4 is 16.0 Å². The Morgan fingerprint density at radius 2 is 1.69 bits per heavy atom. The molecular weight excluding hydrogens is 600 g/mol. The van der Waals surface area contributed by atoms with Crippen LogP contribution in [-0.2, 0) is 9.84 Å². The minimum absolute atomic E-state index is 0.00166. The number of nitrogens with one attached hydrogen (secondary N) is 3. The van der Waals surface area contributed by atoms with E-state index in [4.69, 9.17) is 5.73 Å². The van der Waals surface area contributed by atoms with Gasteiger partial charge in [0.05, 0.1) is 32.6 Å². The lowest BCUT2D eigenvalue weighted by atomic mass is 9.98. The number of likely N-dealkylation sites (N-methyl/N-ethyl adjacent to an activating group) is 1. The van der Waals surface area contributed by atoms with Crippen molar-refractivity contribution in [1.29, 1.82) is 0 Å². The van der Waals surface area contributed by atoms with Crippen molar-refractivity contribution in [2.45, 2.75) is 9.79 Å². The Hall–Kier alpha value is -5.54. The first-order valence-electron chi connectivity index (χ1n) is 13.8. The maximum absolute atomic E-state index is 13.8. The summed E-state index contributed by atoms with van der Waals surface area (Å²) in [6, 6.07) is 15.3. The number of hydrogen-bond donors (Lipinski definition) is 5. The molecule has 3 heterocycles. The van der Waals surface area contributed by atoms with E-state index in [0.29, 0.717) is 35.2 Å². The van der Waals surface area contributed by atoms with Crippen LogP contribution in [0.2, 0.25) is 0 Å². The van der Waals surface area contributed by atoms with Gasteiger partial charge in [-0.05, 0) is 49.5 Å². The number of amides is 2. The maximum Gasteiger partial charge on any atom is 0.353 e.